The lowest BCUT2D eigenvalue weighted by atomic mass is 9.90. The third-order valence-electron chi connectivity index (χ3n) is 3.20. The van der Waals surface area contributed by atoms with Crippen LogP contribution < -0.4 is 5.32 Å². The fourth-order valence-electron chi connectivity index (χ4n) is 1.64. The number of aromatic nitrogens is 2. The molecule has 2 rings (SSSR count). The second kappa shape index (κ2) is 5.58. The Labute approximate surface area is 121 Å². The summed E-state index contributed by atoms with van der Waals surface area (Å²) < 4.78 is 0. The molecule has 0 fully saturated rings. The molecule has 0 bridgehead atoms. The van der Waals surface area contributed by atoms with Crippen LogP contribution in [0.5, 0.6) is 0 Å². The van der Waals surface area contributed by atoms with Gasteiger partial charge in [0, 0.05) is 17.8 Å². The summed E-state index contributed by atoms with van der Waals surface area (Å²) in [4.78, 5) is 19.7. The molecule has 2 aromatic rings. The highest BCUT2D eigenvalue weighted by atomic mass is 32.1. The molecule has 1 unspecified atom stereocenters. The van der Waals surface area contributed by atoms with E-state index < -0.39 is 11.4 Å². The van der Waals surface area contributed by atoms with E-state index in [2.05, 4.69) is 15.3 Å². The standard InChI is InChI=1S/C14H17N3O2S/c1-9(10-5-4-6-15-7-10)16-13-17-11(8-20-13)14(2,3)12(18)19/h4-9H,1-3H3,(H,16,17)(H,18,19). The van der Waals surface area contributed by atoms with Gasteiger partial charge in [-0.05, 0) is 32.4 Å². The zero-order valence-electron chi connectivity index (χ0n) is 11.6. The molecule has 2 aromatic heterocycles. The van der Waals surface area contributed by atoms with Gasteiger partial charge in [0.1, 0.15) is 5.41 Å². The minimum absolute atomic E-state index is 0.0654. The van der Waals surface area contributed by atoms with E-state index in [4.69, 9.17) is 0 Å². The second-order valence-electron chi connectivity index (χ2n) is 5.12. The van der Waals surface area contributed by atoms with Crippen molar-refractivity contribution < 1.29 is 9.90 Å². The molecule has 2 N–H and O–H groups in total. The summed E-state index contributed by atoms with van der Waals surface area (Å²) in [5.41, 5.74) is 0.645. The van der Waals surface area contributed by atoms with E-state index in [9.17, 15) is 9.90 Å². The molecule has 0 aromatic carbocycles. The van der Waals surface area contributed by atoms with Crippen molar-refractivity contribution in [1.82, 2.24) is 9.97 Å². The number of rotatable bonds is 5. The van der Waals surface area contributed by atoms with E-state index in [1.165, 1.54) is 11.3 Å². The Balaban J connectivity index is 2.13. The maximum Gasteiger partial charge on any atom is 0.315 e. The van der Waals surface area contributed by atoms with Crippen molar-refractivity contribution in [1.29, 1.82) is 0 Å². The maximum atomic E-state index is 11.2. The summed E-state index contributed by atoms with van der Waals surface area (Å²) in [6.07, 6.45) is 3.53. The zero-order valence-corrected chi connectivity index (χ0v) is 12.4. The molecule has 1 atom stereocenters. The summed E-state index contributed by atoms with van der Waals surface area (Å²) in [7, 11) is 0. The summed E-state index contributed by atoms with van der Waals surface area (Å²) in [5.74, 6) is -0.880. The van der Waals surface area contributed by atoms with Gasteiger partial charge in [-0.2, -0.15) is 0 Å². The van der Waals surface area contributed by atoms with Gasteiger partial charge in [0.15, 0.2) is 5.13 Å². The molecule has 0 saturated heterocycles. The average molecular weight is 291 g/mol. The summed E-state index contributed by atoms with van der Waals surface area (Å²) in [5, 5.41) is 15.0. The van der Waals surface area contributed by atoms with Crippen LogP contribution in [0.4, 0.5) is 5.13 Å². The maximum absolute atomic E-state index is 11.2. The Kier molecular flexibility index (Phi) is 4.04. The van der Waals surface area contributed by atoms with E-state index in [1.807, 2.05) is 19.1 Å². The summed E-state index contributed by atoms with van der Waals surface area (Å²) >= 11 is 1.41. The van der Waals surface area contributed by atoms with Crippen molar-refractivity contribution in [2.45, 2.75) is 32.2 Å². The molecule has 2 heterocycles. The van der Waals surface area contributed by atoms with Gasteiger partial charge in [-0.3, -0.25) is 9.78 Å². The van der Waals surface area contributed by atoms with Gasteiger partial charge in [-0.25, -0.2) is 4.98 Å². The molecule has 0 spiro atoms. The van der Waals surface area contributed by atoms with Crippen LogP contribution in [0.2, 0.25) is 0 Å². The Morgan fingerprint density at radius 1 is 1.50 bits per heavy atom. The van der Waals surface area contributed by atoms with Crippen LogP contribution in [0.15, 0.2) is 29.9 Å². The molecule has 0 radical (unpaired) electrons. The van der Waals surface area contributed by atoms with Crippen molar-refractivity contribution >= 4 is 22.4 Å². The summed E-state index contributed by atoms with van der Waals surface area (Å²) in [6, 6.07) is 3.94. The average Bonchev–Trinajstić information content (AvgIpc) is 2.88. The van der Waals surface area contributed by atoms with Crippen molar-refractivity contribution in [3.8, 4) is 0 Å². The first-order valence-electron chi connectivity index (χ1n) is 6.27. The summed E-state index contributed by atoms with van der Waals surface area (Å²) in [6.45, 7) is 5.32. The number of carboxylic acid groups (broad SMARTS) is 1. The smallest absolute Gasteiger partial charge is 0.315 e. The number of nitrogens with zero attached hydrogens (tertiary/aromatic N) is 2. The number of anilines is 1. The van der Waals surface area contributed by atoms with Crippen molar-refractivity contribution in [3.05, 3.63) is 41.2 Å². The monoisotopic (exact) mass is 291 g/mol. The highest BCUT2D eigenvalue weighted by Crippen LogP contribution is 2.29. The van der Waals surface area contributed by atoms with Crippen molar-refractivity contribution in [2.75, 3.05) is 5.32 Å². The third kappa shape index (κ3) is 2.96. The number of hydrogen-bond acceptors (Lipinski definition) is 5. The SMILES string of the molecule is CC(Nc1nc(C(C)(C)C(=O)O)cs1)c1cccnc1. The number of thiazole rings is 1. The first-order chi connectivity index (χ1) is 9.41. The third-order valence-corrected chi connectivity index (χ3v) is 3.98. The number of nitrogens with one attached hydrogen (secondary N) is 1. The zero-order chi connectivity index (χ0) is 14.8. The van der Waals surface area contributed by atoms with Crippen molar-refractivity contribution in [2.24, 2.45) is 0 Å². The normalized spacial score (nSPS) is 12.9. The van der Waals surface area contributed by atoms with Gasteiger partial charge >= 0.3 is 5.97 Å². The Morgan fingerprint density at radius 3 is 2.85 bits per heavy atom. The van der Waals surface area contributed by atoms with Crippen LogP contribution in [0, 0.1) is 0 Å². The second-order valence-corrected chi connectivity index (χ2v) is 5.98. The van der Waals surface area contributed by atoms with E-state index in [0.29, 0.717) is 10.8 Å². The Morgan fingerprint density at radius 2 is 2.25 bits per heavy atom. The first kappa shape index (κ1) is 14.5. The Bertz CT molecular complexity index is 595. The molecular weight excluding hydrogens is 274 g/mol. The lowest BCUT2D eigenvalue weighted by Gasteiger charge is -2.16. The predicted octanol–water partition coefficient (Wildman–Crippen LogP) is 3.07. The minimum Gasteiger partial charge on any atom is -0.481 e. The molecule has 0 saturated carbocycles. The van der Waals surface area contributed by atoms with E-state index in [-0.39, 0.29) is 6.04 Å². The number of aliphatic carboxylic acids is 1. The van der Waals surface area contributed by atoms with E-state index in [1.54, 1.807) is 31.6 Å². The predicted molar refractivity (Wildman–Crippen MR) is 79.1 cm³/mol. The molecule has 106 valence electrons. The van der Waals surface area contributed by atoms with Crippen LogP contribution in [-0.4, -0.2) is 21.0 Å². The van der Waals surface area contributed by atoms with Crippen LogP contribution in [0.3, 0.4) is 0 Å². The van der Waals surface area contributed by atoms with Crippen LogP contribution in [0.25, 0.3) is 0 Å². The quantitative estimate of drug-likeness (QED) is 0.885. The van der Waals surface area contributed by atoms with Gasteiger partial charge < -0.3 is 10.4 Å². The van der Waals surface area contributed by atoms with E-state index >= 15 is 0 Å². The molecular formula is C14H17N3O2S. The lowest BCUT2D eigenvalue weighted by molar-refractivity contribution is -0.142. The highest BCUT2D eigenvalue weighted by molar-refractivity contribution is 7.13. The van der Waals surface area contributed by atoms with Gasteiger partial charge in [0.2, 0.25) is 0 Å². The largest absolute Gasteiger partial charge is 0.481 e. The molecule has 0 aliphatic heterocycles. The van der Waals surface area contributed by atoms with Crippen LogP contribution in [0.1, 0.15) is 38.1 Å². The number of carbonyl (C=O) groups is 1. The number of carboxylic acids is 1. The van der Waals surface area contributed by atoms with Crippen LogP contribution in [-0.2, 0) is 10.2 Å². The fraction of sp³-hybridized carbons (Fsp3) is 0.357. The van der Waals surface area contributed by atoms with Gasteiger partial charge in [0.05, 0.1) is 11.7 Å². The Hall–Kier alpha value is -1.95. The van der Waals surface area contributed by atoms with Crippen LogP contribution >= 0.6 is 11.3 Å². The minimum atomic E-state index is -0.978. The number of hydrogen-bond donors (Lipinski definition) is 2. The molecule has 6 heteroatoms. The molecule has 0 aliphatic rings. The fourth-order valence-corrected chi connectivity index (χ4v) is 2.60. The molecule has 5 nitrogen and oxygen atoms in total. The lowest BCUT2D eigenvalue weighted by Crippen LogP contribution is -2.28. The molecule has 20 heavy (non-hydrogen) atoms. The van der Waals surface area contributed by atoms with E-state index in [0.717, 1.165) is 5.56 Å². The molecule has 0 amide bonds. The topological polar surface area (TPSA) is 75.1 Å². The first-order valence-corrected chi connectivity index (χ1v) is 7.15. The molecule has 0 aliphatic carbocycles. The van der Waals surface area contributed by atoms with Gasteiger partial charge in [-0.15, -0.1) is 11.3 Å². The van der Waals surface area contributed by atoms with Gasteiger partial charge in [0.25, 0.3) is 0 Å². The number of pyridine rings is 1. The highest BCUT2D eigenvalue weighted by Gasteiger charge is 2.32. The van der Waals surface area contributed by atoms with Crippen molar-refractivity contribution in [3.63, 3.8) is 0 Å². The van der Waals surface area contributed by atoms with Gasteiger partial charge in [-0.1, -0.05) is 6.07 Å².